The zero-order valence-corrected chi connectivity index (χ0v) is 44.2. The van der Waals surface area contributed by atoms with Gasteiger partial charge in [0.05, 0.1) is 0 Å². The van der Waals surface area contributed by atoms with Crippen molar-refractivity contribution in [1.29, 1.82) is 0 Å². The van der Waals surface area contributed by atoms with Gasteiger partial charge in [0, 0.05) is 19.3 Å². The van der Waals surface area contributed by atoms with E-state index in [9.17, 15) is 14.4 Å². The van der Waals surface area contributed by atoms with Crippen molar-refractivity contribution in [2.75, 3.05) is 13.2 Å². The molecule has 0 aromatic carbocycles. The van der Waals surface area contributed by atoms with Crippen molar-refractivity contribution in [2.24, 2.45) is 0 Å². The third-order valence-electron chi connectivity index (χ3n) is 12.2. The van der Waals surface area contributed by atoms with Crippen molar-refractivity contribution in [3.05, 3.63) is 72.9 Å². The van der Waals surface area contributed by atoms with E-state index in [1.54, 1.807) is 0 Å². The molecule has 0 saturated heterocycles. The number of carbonyl (C=O) groups is 3. The molecule has 0 rings (SSSR count). The monoisotopic (exact) mass is 935 g/mol. The van der Waals surface area contributed by atoms with E-state index in [1.807, 2.05) is 0 Å². The lowest BCUT2D eigenvalue weighted by Gasteiger charge is -2.18. The van der Waals surface area contributed by atoms with Crippen LogP contribution in [0, 0.1) is 0 Å². The molecule has 0 aromatic rings. The lowest BCUT2D eigenvalue weighted by Crippen LogP contribution is -2.30. The maximum absolute atomic E-state index is 12.8. The molecule has 1 unspecified atom stereocenters. The smallest absolute Gasteiger partial charge is 0.306 e. The van der Waals surface area contributed by atoms with Crippen LogP contribution < -0.4 is 0 Å². The predicted molar refractivity (Wildman–Crippen MR) is 288 cm³/mol. The Hall–Kier alpha value is -3.15. The summed E-state index contributed by atoms with van der Waals surface area (Å²) < 4.78 is 16.8. The van der Waals surface area contributed by atoms with Crippen molar-refractivity contribution in [3.8, 4) is 0 Å². The second-order valence-electron chi connectivity index (χ2n) is 18.9. The molecule has 0 amide bonds. The lowest BCUT2D eigenvalue weighted by molar-refractivity contribution is -0.167. The molecule has 0 heterocycles. The molecule has 0 fully saturated rings. The molecule has 0 aromatic heterocycles. The summed E-state index contributed by atoms with van der Waals surface area (Å²) in [4.78, 5) is 38.1. The van der Waals surface area contributed by atoms with Gasteiger partial charge in [-0.05, 0) is 96.3 Å². The number of esters is 3. The van der Waals surface area contributed by atoms with E-state index in [4.69, 9.17) is 14.2 Å². The van der Waals surface area contributed by atoms with E-state index in [-0.39, 0.29) is 31.1 Å². The zero-order valence-electron chi connectivity index (χ0n) is 44.2. The SMILES string of the molecule is CC\C=C/C=C\C=C/CCCCCCCC(=O)OCC(COC(=O)CCCCCCCCC/C=C\CCCCCCCCCC)OC(=O)CCCCCCCCC/C=C\C/C=C\CCCCC. The van der Waals surface area contributed by atoms with Crippen LogP contribution in [0.5, 0.6) is 0 Å². The predicted octanol–water partition coefficient (Wildman–Crippen LogP) is 19.0. The van der Waals surface area contributed by atoms with Gasteiger partial charge >= 0.3 is 17.9 Å². The molecule has 0 saturated carbocycles. The Morgan fingerprint density at radius 2 is 0.642 bits per heavy atom. The van der Waals surface area contributed by atoms with Gasteiger partial charge in [-0.15, -0.1) is 0 Å². The van der Waals surface area contributed by atoms with E-state index in [0.717, 1.165) is 96.3 Å². The Kier molecular flexibility index (Phi) is 52.8. The van der Waals surface area contributed by atoms with Gasteiger partial charge in [0.15, 0.2) is 6.10 Å². The summed E-state index contributed by atoms with van der Waals surface area (Å²) in [6, 6.07) is 0. The van der Waals surface area contributed by atoms with Crippen molar-refractivity contribution in [1.82, 2.24) is 0 Å². The standard InChI is InChI=1S/C61H106O6/c1-4-7-10-13-16-19-22-25-27-29-30-32-33-36-39-42-45-48-51-54-60(63)66-57-58(56-65-59(62)53-50-47-44-41-38-35-24-21-18-15-12-9-6-3)67-61(64)55-52-49-46-43-40-37-34-31-28-26-23-20-17-14-11-8-5-2/h9,12,15,17-18,20-21,24,26,28-30,58H,4-8,10-11,13-14,16,19,22-23,25,27,31-57H2,1-3H3/b12-9-,18-15-,20-17-,24-21-,28-26-,30-29-. The number of carbonyl (C=O) groups excluding carboxylic acids is 3. The van der Waals surface area contributed by atoms with Crippen LogP contribution in [-0.2, 0) is 28.6 Å². The number of unbranched alkanes of at least 4 members (excludes halogenated alkanes) is 30. The molecule has 6 heteroatoms. The van der Waals surface area contributed by atoms with Gasteiger partial charge in [-0.2, -0.15) is 0 Å². The van der Waals surface area contributed by atoms with Crippen LogP contribution in [-0.4, -0.2) is 37.2 Å². The minimum atomic E-state index is -0.790. The average molecular weight is 936 g/mol. The lowest BCUT2D eigenvalue weighted by atomic mass is 10.1. The summed E-state index contributed by atoms with van der Waals surface area (Å²) in [5.74, 6) is -0.914. The fourth-order valence-corrected chi connectivity index (χ4v) is 7.94. The van der Waals surface area contributed by atoms with Crippen LogP contribution >= 0.6 is 0 Å². The summed E-state index contributed by atoms with van der Waals surface area (Å²) in [5.41, 5.74) is 0. The molecule has 0 aliphatic rings. The zero-order chi connectivity index (χ0) is 48.6. The molecule has 0 aliphatic heterocycles. The molecule has 6 nitrogen and oxygen atoms in total. The average Bonchev–Trinajstić information content (AvgIpc) is 3.33. The van der Waals surface area contributed by atoms with Gasteiger partial charge in [-0.25, -0.2) is 0 Å². The van der Waals surface area contributed by atoms with Gasteiger partial charge in [0.2, 0.25) is 0 Å². The highest BCUT2D eigenvalue weighted by Crippen LogP contribution is 2.15. The van der Waals surface area contributed by atoms with Crippen molar-refractivity contribution in [2.45, 2.75) is 284 Å². The molecule has 67 heavy (non-hydrogen) atoms. The molecular weight excluding hydrogens is 829 g/mol. The maximum atomic E-state index is 12.8. The topological polar surface area (TPSA) is 78.9 Å². The normalized spacial score (nSPS) is 12.6. The van der Waals surface area contributed by atoms with Crippen LogP contribution in [0.4, 0.5) is 0 Å². The largest absolute Gasteiger partial charge is 0.462 e. The number of hydrogen-bond acceptors (Lipinski definition) is 6. The first-order valence-corrected chi connectivity index (χ1v) is 28.5. The second-order valence-corrected chi connectivity index (χ2v) is 18.9. The Morgan fingerprint density at radius 3 is 1.06 bits per heavy atom. The number of rotatable bonds is 51. The van der Waals surface area contributed by atoms with Crippen LogP contribution in [0.2, 0.25) is 0 Å². The Morgan fingerprint density at radius 1 is 0.328 bits per heavy atom. The highest BCUT2D eigenvalue weighted by Gasteiger charge is 2.19. The molecule has 386 valence electrons. The van der Waals surface area contributed by atoms with E-state index in [0.29, 0.717) is 19.3 Å². The molecular formula is C61H106O6. The fourth-order valence-electron chi connectivity index (χ4n) is 7.94. The number of ether oxygens (including phenoxy) is 3. The highest BCUT2D eigenvalue weighted by molar-refractivity contribution is 5.71. The van der Waals surface area contributed by atoms with Crippen LogP contribution in [0.3, 0.4) is 0 Å². The van der Waals surface area contributed by atoms with Gasteiger partial charge in [-0.1, -0.05) is 235 Å². The molecule has 0 spiro atoms. The van der Waals surface area contributed by atoms with Crippen LogP contribution in [0.25, 0.3) is 0 Å². The minimum absolute atomic E-state index is 0.0873. The van der Waals surface area contributed by atoms with Crippen molar-refractivity contribution >= 4 is 17.9 Å². The second kappa shape index (κ2) is 55.4. The van der Waals surface area contributed by atoms with E-state index < -0.39 is 6.10 Å². The van der Waals surface area contributed by atoms with Crippen molar-refractivity contribution < 1.29 is 28.6 Å². The third kappa shape index (κ3) is 53.7. The number of hydrogen-bond donors (Lipinski definition) is 0. The summed E-state index contributed by atoms with van der Waals surface area (Å²) in [6.07, 6.45) is 70.3. The quantitative estimate of drug-likeness (QED) is 0.0199. The Labute approximate surface area is 414 Å². The number of allylic oxidation sites excluding steroid dienone is 12. The van der Waals surface area contributed by atoms with Crippen LogP contribution in [0.15, 0.2) is 72.9 Å². The highest BCUT2D eigenvalue weighted by atomic mass is 16.6. The minimum Gasteiger partial charge on any atom is -0.462 e. The molecule has 0 aliphatic carbocycles. The molecule has 0 N–H and O–H groups in total. The molecule has 0 radical (unpaired) electrons. The summed E-state index contributed by atoms with van der Waals surface area (Å²) in [6.45, 7) is 6.47. The maximum Gasteiger partial charge on any atom is 0.306 e. The van der Waals surface area contributed by atoms with Crippen LogP contribution in [0.1, 0.15) is 278 Å². The van der Waals surface area contributed by atoms with E-state index in [1.165, 1.54) is 141 Å². The summed E-state index contributed by atoms with van der Waals surface area (Å²) in [5, 5.41) is 0. The summed E-state index contributed by atoms with van der Waals surface area (Å²) >= 11 is 0. The van der Waals surface area contributed by atoms with Gasteiger partial charge in [0.25, 0.3) is 0 Å². The first kappa shape index (κ1) is 63.8. The van der Waals surface area contributed by atoms with Gasteiger partial charge < -0.3 is 14.2 Å². The Bertz CT molecular complexity index is 1260. The fraction of sp³-hybridized carbons (Fsp3) is 0.754. The van der Waals surface area contributed by atoms with E-state index in [2.05, 4.69) is 93.7 Å². The first-order valence-electron chi connectivity index (χ1n) is 28.5. The molecule has 0 bridgehead atoms. The Balaban J connectivity index is 4.39. The summed E-state index contributed by atoms with van der Waals surface area (Å²) in [7, 11) is 0. The van der Waals surface area contributed by atoms with Crippen molar-refractivity contribution in [3.63, 3.8) is 0 Å². The van der Waals surface area contributed by atoms with E-state index >= 15 is 0 Å². The van der Waals surface area contributed by atoms with Gasteiger partial charge in [-0.3, -0.25) is 14.4 Å². The first-order chi connectivity index (χ1) is 33.0. The third-order valence-corrected chi connectivity index (χ3v) is 12.2. The van der Waals surface area contributed by atoms with Gasteiger partial charge in [0.1, 0.15) is 13.2 Å². The molecule has 1 atom stereocenters.